The second-order valence-electron chi connectivity index (χ2n) is 23.3. The molecule has 9 rings (SSSR count). The Balaban J connectivity index is 0.00000380. The fourth-order valence-electron chi connectivity index (χ4n) is 9.48. The van der Waals surface area contributed by atoms with E-state index in [-0.39, 0.29) is 75.3 Å². The number of aryl methyl sites for hydroxylation is 4. The maximum Gasteiger partial charge on any atom is 0.143 e. The minimum atomic E-state index is -0.278. The zero-order valence-corrected chi connectivity index (χ0v) is 48.9. The monoisotopic (exact) mass is 1320 g/mol. The van der Waals surface area contributed by atoms with E-state index in [1.54, 1.807) is 6.33 Å². The van der Waals surface area contributed by atoms with Crippen LogP contribution in [0.25, 0.3) is 89.9 Å². The zero-order valence-electron chi connectivity index (χ0n) is 44.3. The number of rotatable bonds is 6. The Labute approximate surface area is 454 Å². The molecule has 0 atom stereocenters. The van der Waals surface area contributed by atoms with E-state index in [2.05, 4.69) is 189 Å². The van der Waals surface area contributed by atoms with Crippen LogP contribution in [0.4, 0.5) is 0 Å². The van der Waals surface area contributed by atoms with Crippen molar-refractivity contribution in [2.45, 2.75) is 119 Å². The summed E-state index contributed by atoms with van der Waals surface area (Å²) in [6.07, 6.45) is 1.55. The molecular weight excluding hydrogens is 1250 g/mol. The van der Waals surface area contributed by atoms with Crippen LogP contribution < -0.4 is 0 Å². The van der Waals surface area contributed by atoms with Crippen LogP contribution in [0, 0.1) is 26.0 Å². The first-order valence-corrected chi connectivity index (χ1v) is 24.1. The van der Waals surface area contributed by atoms with Crippen LogP contribution >= 0.6 is 0 Å². The predicted octanol–water partition coefficient (Wildman–Crippen LogP) is 14.5. The van der Waals surface area contributed by atoms with Gasteiger partial charge in [0.05, 0.1) is 44.8 Å². The van der Waals surface area contributed by atoms with Gasteiger partial charge in [-0.15, -0.1) is 58.7 Å². The first-order chi connectivity index (χ1) is 32.7. The average molecular weight is 1320 g/mol. The van der Waals surface area contributed by atoms with Crippen LogP contribution in [0.15, 0.2) is 91.3 Å². The number of hydrogen-bond donors (Lipinski definition) is 2. The molecule has 3 aromatic heterocycles. The number of nitrogens with zero attached hydrogens (tertiary/aromatic N) is 7. The predicted molar refractivity (Wildman–Crippen MR) is 286 cm³/mol. The number of hydrogen-bond acceptors (Lipinski definition) is 7. The number of aromatic nitrogens is 7. The average Bonchev–Trinajstić information content (AvgIpc) is 3.80. The number of phenols is 2. The van der Waals surface area contributed by atoms with Crippen LogP contribution in [-0.4, -0.2) is 44.3 Å². The van der Waals surface area contributed by atoms with E-state index in [0.29, 0.717) is 34.4 Å². The van der Waals surface area contributed by atoms with Gasteiger partial charge in [-0.2, -0.15) is 0 Å². The van der Waals surface area contributed by atoms with E-state index in [1.165, 1.54) is 0 Å². The van der Waals surface area contributed by atoms with Crippen molar-refractivity contribution in [3.63, 3.8) is 0 Å². The second kappa shape index (κ2) is 19.3. The van der Waals surface area contributed by atoms with E-state index in [9.17, 15) is 10.2 Å². The molecule has 0 saturated carbocycles. The maximum absolute atomic E-state index is 11.9. The Hall–Kier alpha value is -5.75. The summed E-state index contributed by atoms with van der Waals surface area (Å²) in [7, 11) is 4.02. The van der Waals surface area contributed by atoms with Gasteiger partial charge in [0, 0.05) is 67.4 Å². The van der Waals surface area contributed by atoms with Crippen molar-refractivity contribution in [1.29, 1.82) is 0 Å². The third-order valence-electron chi connectivity index (χ3n) is 13.5. The van der Waals surface area contributed by atoms with E-state index in [0.717, 1.165) is 88.8 Å². The summed E-state index contributed by atoms with van der Waals surface area (Å²) >= 11 is 0. The van der Waals surface area contributed by atoms with Crippen LogP contribution in [0.5, 0.6) is 11.5 Å². The van der Waals surface area contributed by atoms with E-state index in [4.69, 9.17) is 15.0 Å². The first-order valence-electron chi connectivity index (χ1n) is 24.1. The molecule has 0 aliphatic rings. The Bertz CT molecular complexity index is 3330. The second-order valence-corrected chi connectivity index (χ2v) is 23.3. The molecule has 0 unspecified atom stereocenters. The van der Waals surface area contributed by atoms with Gasteiger partial charge in [0.2, 0.25) is 0 Å². The van der Waals surface area contributed by atoms with Crippen molar-refractivity contribution in [2.24, 2.45) is 14.1 Å². The van der Waals surface area contributed by atoms with E-state index < -0.39 is 0 Å². The molecule has 0 saturated heterocycles. The molecule has 11 heteroatoms. The van der Waals surface area contributed by atoms with Crippen molar-refractivity contribution in [3.05, 3.63) is 137 Å². The summed E-state index contributed by atoms with van der Waals surface area (Å²) in [6.45, 7) is 30.1. The number of para-hydroxylation sites is 2. The summed E-state index contributed by atoms with van der Waals surface area (Å²) in [5.74, 6) is 2.87. The Morgan fingerprint density at radius 2 is 0.806 bits per heavy atom. The van der Waals surface area contributed by atoms with Gasteiger partial charge in [-0.25, -0.2) is 9.97 Å². The van der Waals surface area contributed by atoms with Crippen LogP contribution in [-0.2, 0) is 77.9 Å². The van der Waals surface area contributed by atoms with Gasteiger partial charge in [-0.3, -0.25) is 15.0 Å². The number of fused-ring (bicyclic) bond motifs is 2. The summed E-state index contributed by atoms with van der Waals surface area (Å²) < 4.78 is 4.14. The Morgan fingerprint density at radius 3 is 1.15 bits per heavy atom. The third-order valence-corrected chi connectivity index (χ3v) is 13.5. The molecule has 72 heavy (non-hydrogen) atoms. The fraction of sp³-hybridized carbons (Fsp3) is 0.328. The van der Waals surface area contributed by atoms with Crippen molar-refractivity contribution in [2.75, 3.05) is 0 Å². The summed E-state index contributed by atoms with van der Waals surface area (Å²) in [5, 5.41) is 23.7. The van der Waals surface area contributed by atoms with Gasteiger partial charge in [0.1, 0.15) is 29.5 Å². The smallest absolute Gasteiger partial charge is 0.143 e. The van der Waals surface area contributed by atoms with Crippen LogP contribution in [0.1, 0.15) is 116 Å². The van der Waals surface area contributed by atoms with E-state index in [1.807, 2.05) is 38.4 Å². The minimum absolute atomic E-state index is 0. The summed E-state index contributed by atoms with van der Waals surface area (Å²) in [4.78, 5) is 25.0. The molecule has 378 valence electrons. The molecule has 3 heterocycles. The third kappa shape index (κ3) is 10.0. The number of benzene rings is 6. The SMILES string of the molecule is Cc1cc(-c2ncnc(-c3[c-]c(-c4cccc5c4nc(-c4cc(C(C)(C)C)cc(C(C)(C)C)c4O)n5C)cc(C)c3)n2)[c-]c(-c2cccc3c2nc(-c2cc(C(C)(C)C)cc(C(C)(C)C)c2O)n3C)c1.[Pt].[Pt]. The molecule has 0 spiro atoms. The van der Waals surface area contributed by atoms with Crippen LogP contribution in [0.3, 0.4) is 0 Å². The number of aromatic hydroxyl groups is 2. The molecule has 0 fully saturated rings. The molecule has 6 aromatic carbocycles. The standard InChI is InChI=1S/C61H65N7O2.2Pt/c1-34-23-36(42-19-17-21-48-50(42)64-56(67(48)15)44-29-40(58(3,4)5)31-46(52(44)69)60(9,10)11)27-38(25-34)54-62-33-63-55(66-54)39-26-35(2)24-37(28-39)43-20-18-22-49-51(43)65-57(68(49)16)45-30-41(59(6,7)8)32-47(53(45)70)61(12,13)14;;/h17-26,29-33,69-70H,1-16H3;;/q-2;;. The minimum Gasteiger partial charge on any atom is -0.507 e. The van der Waals surface area contributed by atoms with Gasteiger partial charge in [-0.05, 0) is 57.1 Å². The topological polar surface area (TPSA) is 115 Å². The van der Waals surface area contributed by atoms with Gasteiger partial charge >= 0.3 is 0 Å². The van der Waals surface area contributed by atoms with Crippen molar-refractivity contribution in [3.8, 4) is 79.3 Å². The first kappa shape index (κ1) is 54.0. The fourth-order valence-corrected chi connectivity index (χ4v) is 9.48. The molecule has 0 amide bonds. The molecule has 0 bridgehead atoms. The van der Waals surface area contributed by atoms with Crippen molar-refractivity contribution in [1.82, 2.24) is 34.1 Å². The van der Waals surface area contributed by atoms with Crippen LogP contribution in [0.2, 0.25) is 0 Å². The Kier molecular flexibility index (Phi) is 14.5. The quantitative estimate of drug-likeness (QED) is 0.159. The van der Waals surface area contributed by atoms with Crippen molar-refractivity contribution < 1.29 is 52.3 Å². The van der Waals surface area contributed by atoms with Crippen molar-refractivity contribution >= 4 is 22.1 Å². The molecule has 0 aliphatic carbocycles. The molecular formula is C61H65N7O2Pt2-2. The molecule has 2 N–H and O–H groups in total. The molecule has 9 aromatic rings. The maximum atomic E-state index is 11.9. The molecule has 0 aliphatic heterocycles. The largest absolute Gasteiger partial charge is 0.507 e. The normalized spacial score (nSPS) is 12.3. The van der Waals surface area contributed by atoms with Gasteiger partial charge < -0.3 is 19.3 Å². The summed E-state index contributed by atoms with van der Waals surface area (Å²) in [6, 6.07) is 36.4. The van der Waals surface area contributed by atoms with Gasteiger partial charge in [-0.1, -0.05) is 156 Å². The van der Waals surface area contributed by atoms with Gasteiger partial charge in [0.25, 0.3) is 0 Å². The Morgan fingerprint density at radius 1 is 0.444 bits per heavy atom. The zero-order chi connectivity index (χ0) is 50.6. The number of imidazole rings is 2. The molecule has 9 nitrogen and oxygen atoms in total. The number of phenolic OH excluding ortho intramolecular Hbond substituents is 2. The summed E-state index contributed by atoms with van der Waals surface area (Å²) in [5.41, 5.74) is 15.2. The van der Waals surface area contributed by atoms with Gasteiger partial charge in [0.15, 0.2) is 0 Å². The molecule has 0 radical (unpaired) electrons. The van der Waals surface area contributed by atoms with E-state index >= 15 is 0 Å².